The number of hydrogen-bond donors (Lipinski definition) is 0. The van der Waals surface area contributed by atoms with Crippen LogP contribution in [0.25, 0.3) is 22.2 Å². The molecule has 1 aromatic heterocycles. The summed E-state index contributed by atoms with van der Waals surface area (Å²) in [5.74, 6) is 0. The van der Waals surface area contributed by atoms with Crippen molar-refractivity contribution < 1.29 is 21.6 Å². The Balaban J connectivity index is 1.90. The van der Waals surface area contributed by atoms with Gasteiger partial charge in [-0.05, 0) is 0 Å². The number of halogens is 3. The zero-order valence-corrected chi connectivity index (χ0v) is 21.6. The van der Waals surface area contributed by atoms with E-state index in [-0.39, 0.29) is 15.8 Å². The molecule has 0 saturated heterocycles. The summed E-state index contributed by atoms with van der Waals surface area (Å²) in [7, 11) is -4.14. The van der Waals surface area contributed by atoms with Gasteiger partial charge in [0.25, 0.3) is 0 Å². The summed E-state index contributed by atoms with van der Waals surface area (Å²) in [6, 6.07) is 28.1. The summed E-state index contributed by atoms with van der Waals surface area (Å²) < 4.78 is 72.0. The number of nitrogens with zero attached hydrogens (tertiary/aromatic N) is 1. The van der Waals surface area contributed by atoms with Crippen LogP contribution in [0.2, 0.25) is 0 Å². The Bertz CT molecular complexity index is 1650. The van der Waals surface area contributed by atoms with Crippen molar-refractivity contribution in [1.82, 2.24) is 3.97 Å². The average Bonchev–Trinajstić information content (AvgIpc) is 3.19. The third-order valence-electron chi connectivity index (χ3n) is 5.78. The summed E-state index contributed by atoms with van der Waals surface area (Å²) in [4.78, 5) is 0.0702. The molecule has 4 aromatic carbocycles. The molecule has 0 spiro atoms. The quantitative estimate of drug-likeness (QED) is 0.261. The molecule has 5 rings (SSSR count). The van der Waals surface area contributed by atoms with E-state index in [4.69, 9.17) is 0 Å². The molecule has 5 aromatic rings. The molecule has 0 aliphatic heterocycles. The van der Waals surface area contributed by atoms with Gasteiger partial charge in [-0.2, -0.15) is 0 Å². The van der Waals surface area contributed by atoms with Gasteiger partial charge in [-0.15, -0.1) is 0 Å². The first-order chi connectivity index (χ1) is 17.2. The molecule has 8 heteroatoms. The number of rotatable bonds is 5. The zero-order valence-electron chi connectivity index (χ0n) is 19.0. The second-order valence-corrected chi connectivity index (χ2v) is 12.3. The van der Waals surface area contributed by atoms with Crippen LogP contribution in [-0.2, 0) is 16.2 Å². The van der Waals surface area contributed by atoms with Crippen molar-refractivity contribution in [3.63, 3.8) is 0 Å². The second kappa shape index (κ2) is 9.28. The van der Waals surface area contributed by atoms with E-state index >= 15 is 0 Å². The SMILES string of the molecule is Cc1ccc(S(=O)(=O)n2c(-c3ccccc3)c([Se]c3ccccc3)c3cc(C(F)(F)F)ccc32)cc1. The Hall–Kier alpha value is -3.32. The number of fused-ring (bicyclic) bond motifs is 1. The summed E-state index contributed by atoms with van der Waals surface area (Å²) in [5.41, 5.74) is 1.30. The van der Waals surface area contributed by atoms with Gasteiger partial charge in [-0.1, -0.05) is 0 Å². The van der Waals surface area contributed by atoms with Crippen LogP contribution in [0, 0.1) is 6.92 Å². The van der Waals surface area contributed by atoms with Crippen molar-refractivity contribution in [2.24, 2.45) is 0 Å². The normalized spacial score (nSPS) is 12.2. The fourth-order valence-corrected chi connectivity index (χ4v) is 8.03. The van der Waals surface area contributed by atoms with E-state index in [0.717, 1.165) is 22.2 Å². The van der Waals surface area contributed by atoms with E-state index in [2.05, 4.69) is 0 Å². The molecular weight excluding hydrogens is 550 g/mol. The van der Waals surface area contributed by atoms with E-state index in [1.807, 2.05) is 43.3 Å². The van der Waals surface area contributed by atoms with E-state index in [0.29, 0.717) is 15.7 Å². The molecule has 0 N–H and O–H groups in total. The van der Waals surface area contributed by atoms with Crippen LogP contribution in [0.5, 0.6) is 0 Å². The molecule has 0 unspecified atom stereocenters. The third kappa shape index (κ3) is 4.48. The Morgan fingerprint density at radius 3 is 2.00 bits per heavy atom. The molecule has 0 radical (unpaired) electrons. The van der Waals surface area contributed by atoms with Gasteiger partial charge in [-0.3, -0.25) is 0 Å². The number of alkyl halides is 3. The molecule has 0 aliphatic carbocycles. The van der Waals surface area contributed by atoms with E-state index in [1.165, 1.54) is 22.2 Å². The van der Waals surface area contributed by atoms with Crippen molar-refractivity contribution in [2.45, 2.75) is 18.0 Å². The predicted octanol–water partition coefficient (Wildman–Crippen LogP) is 5.53. The van der Waals surface area contributed by atoms with E-state index in [1.54, 1.807) is 36.4 Å². The topological polar surface area (TPSA) is 39.1 Å². The van der Waals surface area contributed by atoms with Gasteiger partial charge in [0.2, 0.25) is 0 Å². The molecule has 36 heavy (non-hydrogen) atoms. The predicted molar refractivity (Wildman–Crippen MR) is 138 cm³/mol. The molecule has 0 atom stereocenters. The maximum absolute atomic E-state index is 14.0. The van der Waals surface area contributed by atoms with Crippen LogP contribution in [0.1, 0.15) is 11.1 Å². The Morgan fingerprint density at radius 2 is 1.39 bits per heavy atom. The summed E-state index contributed by atoms with van der Waals surface area (Å²) in [6.07, 6.45) is -4.56. The van der Waals surface area contributed by atoms with Crippen molar-refractivity contribution in [3.05, 3.63) is 114 Å². The summed E-state index contributed by atoms with van der Waals surface area (Å²) >= 11 is -0.469. The Labute approximate surface area is 213 Å². The number of hydrogen-bond acceptors (Lipinski definition) is 2. The molecule has 1 heterocycles. The Kier molecular flexibility index (Phi) is 6.28. The number of aromatic nitrogens is 1. The first-order valence-corrected chi connectivity index (χ1v) is 14.2. The monoisotopic (exact) mass is 571 g/mol. The van der Waals surface area contributed by atoms with Gasteiger partial charge in [0, 0.05) is 0 Å². The van der Waals surface area contributed by atoms with Gasteiger partial charge in [-0.25, -0.2) is 0 Å². The molecule has 0 fully saturated rings. The Morgan fingerprint density at radius 1 is 0.778 bits per heavy atom. The first-order valence-electron chi connectivity index (χ1n) is 11.0. The van der Waals surface area contributed by atoms with E-state index < -0.39 is 36.7 Å². The van der Waals surface area contributed by atoms with Crippen LogP contribution >= 0.6 is 0 Å². The van der Waals surface area contributed by atoms with Gasteiger partial charge in [0.1, 0.15) is 0 Å². The first kappa shape index (κ1) is 24.4. The van der Waals surface area contributed by atoms with Crippen LogP contribution < -0.4 is 8.92 Å². The minimum atomic E-state index is -4.56. The molecule has 0 bridgehead atoms. The van der Waals surface area contributed by atoms with Gasteiger partial charge >= 0.3 is 214 Å². The molecular formula is C28H20F3NO2SSe. The van der Waals surface area contributed by atoms with Crippen LogP contribution in [0.4, 0.5) is 13.2 Å². The fraction of sp³-hybridized carbons (Fsp3) is 0.0714. The summed E-state index contributed by atoms with van der Waals surface area (Å²) in [6.45, 7) is 1.86. The molecule has 0 saturated carbocycles. The van der Waals surface area contributed by atoms with Gasteiger partial charge < -0.3 is 0 Å². The summed E-state index contributed by atoms with van der Waals surface area (Å²) in [5, 5.41) is 0.281. The molecule has 182 valence electrons. The second-order valence-electron chi connectivity index (χ2n) is 8.27. The van der Waals surface area contributed by atoms with Crippen LogP contribution in [0.15, 0.2) is 108 Å². The van der Waals surface area contributed by atoms with Crippen molar-refractivity contribution in [3.8, 4) is 11.3 Å². The van der Waals surface area contributed by atoms with Crippen molar-refractivity contribution >= 4 is 44.8 Å². The van der Waals surface area contributed by atoms with E-state index in [9.17, 15) is 21.6 Å². The fourth-order valence-electron chi connectivity index (χ4n) is 4.03. The molecule has 3 nitrogen and oxygen atoms in total. The standard InChI is InChI=1S/C28H20F3NO2SSe/c1-19-12-15-22(16-13-19)35(33,34)32-25-17-14-21(28(29,30)31)18-24(25)27(36-23-10-6-3-7-11-23)26(32)20-8-4-2-5-9-20/h2-18H,1H3. The maximum atomic E-state index is 14.0. The van der Waals surface area contributed by atoms with Gasteiger partial charge in [0.05, 0.1) is 0 Å². The third-order valence-corrected chi connectivity index (χ3v) is 9.86. The van der Waals surface area contributed by atoms with Crippen molar-refractivity contribution in [1.29, 1.82) is 0 Å². The molecule has 0 amide bonds. The average molecular weight is 570 g/mol. The number of benzene rings is 4. The van der Waals surface area contributed by atoms with Crippen LogP contribution in [0.3, 0.4) is 0 Å². The van der Waals surface area contributed by atoms with Crippen molar-refractivity contribution in [2.75, 3.05) is 0 Å². The van der Waals surface area contributed by atoms with Crippen LogP contribution in [-0.4, -0.2) is 27.3 Å². The van der Waals surface area contributed by atoms with Gasteiger partial charge in [0.15, 0.2) is 0 Å². The number of aryl methyl sites for hydroxylation is 1. The minimum absolute atomic E-state index is 0.0702. The zero-order chi connectivity index (χ0) is 25.5. The molecule has 0 aliphatic rings.